The van der Waals surface area contributed by atoms with Gasteiger partial charge in [-0.2, -0.15) is 0 Å². The van der Waals surface area contributed by atoms with Crippen LogP contribution in [0, 0.1) is 0 Å². The van der Waals surface area contributed by atoms with Gasteiger partial charge in [-0.25, -0.2) is 8.42 Å². The molecule has 4 rings (SSSR count). The summed E-state index contributed by atoms with van der Waals surface area (Å²) in [5, 5.41) is 9.57. The van der Waals surface area contributed by atoms with Crippen molar-refractivity contribution < 1.29 is 18.3 Å². The number of hydrogen-bond donors (Lipinski definition) is 1. The first-order valence-corrected chi connectivity index (χ1v) is 13.5. The van der Waals surface area contributed by atoms with Crippen LogP contribution in [0.5, 0.6) is 17.2 Å². The number of alkyl halides is 1. The summed E-state index contributed by atoms with van der Waals surface area (Å²) in [6, 6.07) is 28.1. The zero-order valence-corrected chi connectivity index (χ0v) is 22.3. The molecular weight excluding hydrogens is 492 g/mol. The molecule has 6 heteroatoms. The lowest BCUT2D eigenvalue weighted by Gasteiger charge is -2.26. The number of phenols is 1. The molecule has 0 atom stereocenters. The fourth-order valence-electron chi connectivity index (χ4n) is 3.97. The van der Waals surface area contributed by atoms with Gasteiger partial charge in [-0.3, -0.25) is 0 Å². The van der Waals surface area contributed by atoms with E-state index in [0.29, 0.717) is 11.5 Å². The van der Waals surface area contributed by atoms with E-state index in [0.717, 1.165) is 16.7 Å². The molecule has 4 aromatic carbocycles. The van der Waals surface area contributed by atoms with Crippen LogP contribution in [0.15, 0.2) is 107 Å². The van der Waals surface area contributed by atoms with E-state index in [-0.39, 0.29) is 21.0 Å². The van der Waals surface area contributed by atoms with Gasteiger partial charge in [0.1, 0.15) is 17.2 Å². The third kappa shape index (κ3) is 5.43. The standard InChI is InChI=1S/C30H29ClO4S/c1-29(2,21-5-11-24(32)12-6-21)22-7-13-25(14-8-22)35-26-15-19-28(20-16-26)36(33,34)27-17-9-23(10-18-27)30(3,4)31/h5-20,32H,1-4H3. The van der Waals surface area contributed by atoms with Gasteiger partial charge in [0, 0.05) is 5.41 Å². The number of ether oxygens (including phenoxy) is 1. The summed E-state index contributed by atoms with van der Waals surface area (Å²) >= 11 is 6.32. The smallest absolute Gasteiger partial charge is 0.206 e. The Bertz CT molecular complexity index is 1430. The Kier molecular flexibility index (Phi) is 6.91. The highest BCUT2D eigenvalue weighted by molar-refractivity contribution is 7.91. The summed E-state index contributed by atoms with van der Waals surface area (Å²) in [7, 11) is -3.66. The SMILES string of the molecule is CC(C)(Cl)c1ccc(S(=O)(=O)c2ccc(Oc3ccc(C(C)(C)c4ccc(O)cc4)cc3)cc2)cc1. The van der Waals surface area contributed by atoms with Crippen molar-refractivity contribution in [3.05, 3.63) is 114 Å². The van der Waals surface area contributed by atoms with Crippen LogP contribution >= 0.6 is 11.6 Å². The van der Waals surface area contributed by atoms with Crippen molar-refractivity contribution >= 4 is 21.4 Å². The molecule has 0 aliphatic carbocycles. The molecule has 0 amide bonds. The summed E-state index contributed by atoms with van der Waals surface area (Å²) in [6.45, 7) is 7.97. The molecule has 0 unspecified atom stereocenters. The second-order valence-electron chi connectivity index (χ2n) is 9.77. The predicted octanol–water partition coefficient (Wildman–Crippen LogP) is 7.82. The number of sulfone groups is 1. The number of benzene rings is 4. The lowest BCUT2D eigenvalue weighted by Crippen LogP contribution is -2.18. The van der Waals surface area contributed by atoms with E-state index in [4.69, 9.17) is 16.3 Å². The van der Waals surface area contributed by atoms with E-state index in [2.05, 4.69) is 13.8 Å². The zero-order chi connectivity index (χ0) is 26.1. The molecule has 36 heavy (non-hydrogen) atoms. The van der Waals surface area contributed by atoms with Crippen molar-refractivity contribution in [1.82, 2.24) is 0 Å². The maximum absolute atomic E-state index is 13.0. The maximum atomic E-state index is 13.0. The first kappa shape index (κ1) is 25.8. The van der Waals surface area contributed by atoms with E-state index in [1.54, 1.807) is 60.7 Å². The Morgan fingerprint density at radius 2 is 0.972 bits per heavy atom. The van der Waals surface area contributed by atoms with Gasteiger partial charge in [0.15, 0.2) is 0 Å². The van der Waals surface area contributed by atoms with Crippen LogP contribution in [-0.4, -0.2) is 13.5 Å². The van der Waals surface area contributed by atoms with E-state index >= 15 is 0 Å². The van der Waals surface area contributed by atoms with Crippen molar-refractivity contribution in [2.75, 3.05) is 0 Å². The lowest BCUT2D eigenvalue weighted by atomic mass is 9.78. The molecule has 0 fully saturated rings. The molecule has 0 aromatic heterocycles. The molecule has 1 N–H and O–H groups in total. The summed E-state index contributed by atoms with van der Waals surface area (Å²) in [5.74, 6) is 1.43. The summed E-state index contributed by atoms with van der Waals surface area (Å²) < 4.78 is 32.0. The number of hydrogen-bond acceptors (Lipinski definition) is 4. The first-order valence-electron chi connectivity index (χ1n) is 11.6. The highest BCUT2D eigenvalue weighted by Gasteiger charge is 2.23. The Morgan fingerprint density at radius 1 is 0.611 bits per heavy atom. The fraction of sp³-hybridized carbons (Fsp3) is 0.200. The van der Waals surface area contributed by atoms with Gasteiger partial charge in [0.2, 0.25) is 9.84 Å². The number of halogens is 1. The Balaban J connectivity index is 1.48. The summed E-state index contributed by atoms with van der Waals surface area (Å²) in [4.78, 5) is -0.160. The molecule has 0 heterocycles. The van der Waals surface area contributed by atoms with Crippen LogP contribution in [0.3, 0.4) is 0 Å². The van der Waals surface area contributed by atoms with Gasteiger partial charge < -0.3 is 9.84 Å². The average Bonchev–Trinajstić information content (AvgIpc) is 2.84. The minimum absolute atomic E-state index is 0.193. The Morgan fingerprint density at radius 3 is 1.42 bits per heavy atom. The van der Waals surface area contributed by atoms with Crippen molar-refractivity contribution in [2.24, 2.45) is 0 Å². The molecule has 0 aliphatic heterocycles. The Labute approximate surface area is 218 Å². The summed E-state index contributed by atoms with van der Waals surface area (Å²) in [6.07, 6.45) is 0. The first-order chi connectivity index (χ1) is 16.9. The van der Waals surface area contributed by atoms with E-state index in [9.17, 15) is 13.5 Å². The van der Waals surface area contributed by atoms with Crippen molar-refractivity contribution in [1.29, 1.82) is 0 Å². The van der Waals surface area contributed by atoms with Crippen LogP contribution in [0.1, 0.15) is 44.4 Å². The topological polar surface area (TPSA) is 63.6 Å². The molecule has 4 aromatic rings. The van der Waals surface area contributed by atoms with Gasteiger partial charge in [0.05, 0.1) is 14.7 Å². The van der Waals surface area contributed by atoms with Crippen LogP contribution in [0.2, 0.25) is 0 Å². The van der Waals surface area contributed by atoms with Gasteiger partial charge in [-0.15, -0.1) is 11.6 Å². The second-order valence-corrected chi connectivity index (χ2v) is 12.7. The van der Waals surface area contributed by atoms with E-state index in [1.165, 1.54) is 0 Å². The highest BCUT2D eigenvalue weighted by Crippen LogP contribution is 2.34. The molecule has 0 saturated heterocycles. The van der Waals surface area contributed by atoms with Gasteiger partial charge in [-0.1, -0.05) is 50.2 Å². The fourth-order valence-corrected chi connectivity index (χ4v) is 5.36. The Hall–Kier alpha value is -3.28. The molecule has 0 spiro atoms. The minimum atomic E-state index is -3.66. The van der Waals surface area contributed by atoms with Gasteiger partial charge >= 0.3 is 0 Å². The molecule has 186 valence electrons. The number of aromatic hydroxyl groups is 1. The number of rotatable bonds is 7. The average molecular weight is 521 g/mol. The predicted molar refractivity (Wildman–Crippen MR) is 144 cm³/mol. The normalized spacial score (nSPS) is 12.4. The van der Waals surface area contributed by atoms with Gasteiger partial charge in [0.25, 0.3) is 0 Å². The lowest BCUT2D eigenvalue weighted by molar-refractivity contribution is 0.474. The number of phenolic OH excluding ortho intramolecular Hbond substituents is 1. The van der Waals surface area contributed by atoms with Crippen molar-refractivity contribution in [3.63, 3.8) is 0 Å². The molecular formula is C30H29ClO4S. The van der Waals surface area contributed by atoms with Crippen LogP contribution in [0.4, 0.5) is 0 Å². The highest BCUT2D eigenvalue weighted by atomic mass is 35.5. The van der Waals surface area contributed by atoms with Crippen molar-refractivity contribution in [3.8, 4) is 17.2 Å². The van der Waals surface area contributed by atoms with Crippen LogP contribution in [0.25, 0.3) is 0 Å². The third-order valence-electron chi connectivity index (χ3n) is 6.39. The third-order valence-corrected chi connectivity index (χ3v) is 8.39. The van der Waals surface area contributed by atoms with E-state index < -0.39 is 14.7 Å². The summed E-state index contributed by atoms with van der Waals surface area (Å²) in [5.41, 5.74) is 2.79. The minimum Gasteiger partial charge on any atom is -0.508 e. The largest absolute Gasteiger partial charge is 0.508 e. The second kappa shape index (κ2) is 9.64. The monoisotopic (exact) mass is 520 g/mol. The molecule has 0 saturated carbocycles. The molecule has 0 bridgehead atoms. The zero-order valence-electron chi connectivity index (χ0n) is 20.7. The molecule has 0 aliphatic rings. The van der Waals surface area contributed by atoms with Crippen LogP contribution in [-0.2, 0) is 20.1 Å². The van der Waals surface area contributed by atoms with Gasteiger partial charge in [-0.05, 0) is 91.2 Å². The molecule has 4 nitrogen and oxygen atoms in total. The maximum Gasteiger partial charge on any atom is 0.206 e. The molecule has 0 radical (unpaired) electrons. The van der Waals surface area contributed by atoms with Crippen LogP contribution < -0.4 is 4.74 Å². The quantitative estimate of drug-likeness (QED) is 0.252. The van der Waals surface area contributed by atoms with E-state index in [1.807, 2.05) is 50.2 Å². The van der Waals surface area contributed by atoms with Crippen molar-refractivity contribution in [2.45, 2.75) is 47.8 Å².